The number of hydrogen-bond donors (Lipinski definition) is 2. The number of aliphatic hydroxyl groups is 1. The summed E-state index contributed by atoms with van der Waals surface area (Å²) >= 11 is 0. The lowest BCUT2D eigenvalue weighted by molar-refractivity contribution is -0.127. The van der Waals surface area contributed by atoms with Crippen molar-refractivity contribution in [1.82, 2.24) is 15.2 Å². The second kappa shape index (κ2) is 9.14. The van der Waals surface area contributed by atoms with E-state index in [1.165, 1.54) is 12.8 Å². The lowest BCUT2D eigenvalue weighted by Gasteiger charge is -2.36. The Labute approximate surface area is 145 Å². The van der Waals surface area contributed by atoms with Gasteiger partial charge in [0, 0.05) is 31.5 Å². The van der Waals surface area contributed by atoms with Crippen molar-refractivity contribution in [3.8, 4) is 0 Å². The van der Waals surface area contributed by atoms with E-state index in [1.54, 1.807) is 12.4 Å². The molecule has 1 aromatic rings. The Morgan fingerprint density at radius 2 is 2.25 bits per heavy atom. The number of nitrogens with one attached hydrogen (secondary N) is 1. The van der Waals surface area contributed by atoms with Crippen molar-refractivity contribution >= 4 is 5.91 Å². The quantitative estimate of drug-likeness (QED) is 0.803. The molecule has 4 unspecified atom stereocenters. The predicted octanol–water partition coefficient (Wildman–Crippen LogP) is 2.21. The summed E-state index contributed by atoms with van der Waals surface area (Å²) in [6.45, 7) is 7.54. The van der Waals surface area contributed by atoms with Gasteiger partial charge >= 0.3 is 0 Å². The van der Waals surface area contributed by atoms with Crippen LogP contribution >= 0.6 is 0 Å². The van der Waals surface area contributed by atoms with E-state index >= 15 is 0 Å². The van der Waals surface area contributed by atoms with Gasteiger partial charge in [-0.25, -0.2) is 0 Å². The summed E-state index contributed by atoms with van der Waals surface area (Å²) in [5.74, 6) is 1.22. The minimum Gasteiger partial charge on any atom is -0.395 e. The smallest absolute Gasteiger partial charge is 0.237 e. The van der Waals surface area contributed by atoms with Gasteiger partial charge < -0.3 is 10.4 Å². The molecule has 5 nitrogen and oxygen atoms in total. The highest BCUT2D eigenvalue weighted by Crippen LogP contribution is 2.29. The fourth-order valence-corrected chi connectivity index (χ4v) is 3.52. The maximum Gasteiger partial charge on any atom is 0.237 e. The van der Waals surface area contributed by atoms with Gasteiger partial charge in [0.2, 0.25) is 5.91 Å². The molecular weight excluding hydrogens is 302 g/mol. The molecule has 1 aromatic heterocycles. The van der Waals surface area contributed by atoms with Crippen LogP contribution in [-0.2, 0) is 11.3 Å². The van der Waals surface area contributed by atoms with E-state index in [2.05, 4.69) is 24.1 Å². The molecule has 5 heteroatoms. The summed E-state index contributed by atoms with van der Waals surface area (Å²) in [6.07, 6.45) is 7.04. The third kappa shape index (κ3) is 5.02. The Morgan fingerprint density at radius 3 is 2.92 bits per heavy atom. The van der Waals surface area contributed by atoms with Gasteiger partial charge in [-0.3, -0.25) is 14.7 Å². The summed E-state index contributed by atoms with van der Waals surface area (Å²) in [4.78, 5) is 18.8. The number of nitrogens with zero attached hydrogens (tertiary/aromatic N) is 2. The Hall–Kier alpha value is -1.46. The summed E-state index contributed by atoms with van der Waals surface area (Å²) in [5.41, 5.74) is 1.05. The van der Waals surface area contributed by atoms with Crippen LogP contribution in [0.25, 0.3) is 0 Å². The molecule has 2 N–H and O–H groups in total. The first kappa shape index (κ1) is 18.9. The van der Waals surface area contributed by atoms with E-state index < -0.39 is 0 Å². The molecule has 4 atom stereocenters. The largest absolute Gasteiger partial charge is 0.395 e. The standard InChI is InChI=1S/C19H31N3O2/c1-14-6-4-8-18(15(14)2)21-19(24)16(3)22(10-11-23)13-17-7-5-9-20-12-17/h5,7,9,12,14-16,18,23H,4,6,8,10-11,13H2,1-3H3,(H,21,24). The van der Waals surface area contributed by atoms with Crippen molar-refractivity contribution in [3.05, 3.63) is 30.1 Å². The fourth-order valence-electron chi connectivity index (χ4n) is 3.52. The van der Waals surface area contributed by atoms with E-state index in [-0.39, 0.29) is 24.6 Å². The minimum absolute atomic E-state index is 0.0365. The zero-order valence-electron chi connectivity index (χ0n) is 15.1. The number of pyridine rings is 1. The van der Waals surface area contributed by atoms with E-state index in [0.717, 1.165) is 12.0 Å². The third-order valence-corrected chi connectivity index (χ3v) is 5.46. The molecule has 0 aliphatic heterocycles. The number of rotatable bonds is 7. The molecule has 2 rings (SSSR count). The van der Waals surface area contributed by atoms with Gasteiger partial charge in [0.05, 0.1) is 12.6 Å². The van der Waals surface area contributed by atoms with Crippen LogP contribution in [0.5, 0.6) is 0 Å². The highest BCUT2D eigenvalue weighted by molar-refractivity contribution is 5.81. The van der Waals surface area contributed by atoms with Crippen molar-refractivity contribution in [2.45, 2.75) is 58.7 Å². The highest BCUT2D eigenvalue weighted by Gasteiger charge is 2.30. The second-order valence-electron chi connectivity index (χ2n) is 7.11. The number of hydrogen-bond acceptors (Lipinski definition) is 4. The monoisotopic (exact) mass is 333 g/mol. The van der Waals surface area contributed by atoms with Gasteiger partial charge in [-0.1, -0.05) is 32.8 Å². The topological polar surface area (TPSA) is 65.5 Å². The Morgan fingerprint density at radius 1 is 1.46 bits per heavy atom. The Kier molecular flexibility index (Phi) is 7.18. The lowest BCUT2D eigenvalue weighted by atomic mass is 9.78. The van der Waals surface area contributed by atoms with Crippen molar-refractivity contribution in [2.75, 3.05) is 13.2 Å². The van der Waals surface area contributed by atoms with Crippen molar-refractivity contribution in [1.29, 1.82) is 0 Å². The first-order valence-corrected chi connectivity index (χ1v) is 9.07. The van der Waals surface area contributed by atoms with Crippen LogP contribution in [0.1, 0.15) is 45.6 Å². The molecule has 1 aliphatic carbocycles. The van der Waals surface area contributed by atoms with Crippen LogP contribution in [0.15, 0.2) is 24.5 Å². The molecule has 1 heterocycles. The zero-order valence-corrected chi connectivity index (χ0v) is 15.1. The number of carbonyl (C=O) groups excluding carboxylic acids is 1. The molecule has 0 spiro atoms. The summed E-state index contributed by atoms with van der Waals surface area (Å²) < 4.78 is 0. The van der Waals surface area contributed by atoms with E-state index in [1.807, 2.05) is 24.0 Å². The molecule has 1 fully saturated rings. The van der Waals surface area contributed by atoms with Crippen LogP contribution in [0.4, 0.5) is 0 Å². The van der Waals surface area contributed by atoms with Crippen LogP contribution < -0.4 is 5.32 Å². The van der Waals surface area contributed by atoms with Crippen LogP contribution in [0, 0.1) is 11.8 Å². The SMILES string of the molecule is CC1CCCC(NC(=O)C(C)N(CCO)Cc2cccnc2)C1C. The first-order chi connectivity index (χ1) is 11.5. The third-order valence-electron chi connectivity index (χ3n) is 5.46. The molecule has 0 bridgehead atoms. The summed E-state index contributed by atoms with van der Waals surface area (Å²) in [5, 5.41) is 12.6. The molecule has 0 radical (unpaired) electrons. The fraction of sp³-hybridized carbons (Fsp3) is 0.684. The number of carbonyl (C=O) groups is 1. The van der Waals surface area contributed by atoms with Crippen molar-refractivity contribution in [3.63, 3.8) is 0 Å². The van der Waals surface area contributed by atoms with Crippen molar-refractivity contribution in [2.24, 2.45) is 11.8 Å². The van der Waals surface area contributed by atoms with E-state index in [9.17, 15) is 9.90 Å². The van der Waals surface area contributed by atoms with Crippen molar-refractivity contribution < 1.29 is 9.90 Å². The Balaban J connectivity index is 1.97. The van der Waals surface area contributed by atoms with Gasteiger partial charge in [0.15, 0.2) is 0 Å². The van der Waals surface area contributed by atoms with Gasteiger partial charge in [-0.15, -0.1) is 0 Å². The lowest BCUT2D eigenvalue weighted by Crippen LogP contribution is -2.51. The first-order valence-electron chi connectivity index (χ1n) is 9.07. The number of aromatic nitrogens is 1. The highest BCUT2D eigenvalue weighted by atomic mass is 16.3. The van der Waals surface area contributed by atoms with Crippen LogP contribution in [0.2, 0.25) is 0 Å². The molecule has 1 saturated carbocycles. The number of amides is 1. The number of aliphatic hydroxyl groups excluding tert-OH is 1. The molecule has 134 valence electrons. The molecule has 0 saturated heterocycles. The molecular formula is C19H31N3O2. The minimum atomic E-state index is -0.276. The molecule has 1 aliphatic rings. The maximum absolute atomic E-state index is 12.7. The molecule has 24 heavy (non-hydrogen) atoms. The van der Waals surface area contributed by atoms with Gasteiger partial charge in [-0.2, -0.15) is 0 Å². The second-order valence-corrected chi connectivity index (χ2v) is 7.11. The molecule has 1 amide bonds. The predicted molar refractivity (Wildman–Crippen MR) is 95.3 cm³/mol. The maximum atomic E-state index is 12.7. The van der Waals surface area contributed by atoms with E-state index in [0.29, 0.717) is 24.9 Å². The van der Waals surface area contributed by atoms with Crippen LogP contribution in [-0.4, -0.2) is 46.1 Å². The van der Waals surface area contributed by atoms with Crippen LogP contribution in [0.3, 0.4) is 0 Å². The van der Waals surface area contributed by atoms with E-state index in [4.69, 9.17) is 0 Å². The normalized spacial score (nSPS) is 25.5. The average molecular weight is 333 g/mol. The van der Waals surface area contributed by atoms with Gasteiger partial charge in [0.1, 0.15) is 0 Å². The summed E-state index contributed by atoms with van der Waals surface area (Å²) in [7, 11) is 0. The van der Waals surface area contributed by atoms with Gasteiger partial charge in [-0.05, 0) is 36.8 Å². The molecule has 0 aromatic carbocycles. The van der Waals surface area contributed by atoms with Gasteiger partial charge in [0.25, 0.3) is 0 Å². The zero-order chi connectivity index (χ0) is 17.5. The summed E-state index contributed by atoms with van der Waals surface area (Å²) in [6, 6.07) is 3.87. The Bertz CT molecular complexity index is 509. The average Bonchev–Trinajstić information content (AvgIpc) is 2.59.